The van der Waals surface area contributed by atoms with Crippen molar-refractivity contribution >= 4 is 6.03 Å². The summed E-state index contributed by atoms with van der Waals surface area (Å²) in [5.41, 5.74) is 0. The van der Waals surface area contributed by atoms with E-state index in [2.05, 4.69) is 10.2 Å². The van der Waals surface area contributed by atoms with E-state index in [0.29, 0.717) is 12.1 Å². The van der Waals surface area contributed by atoms with Gasteiger partial charge in [-0.15, -0.1) is 0 Å². The average molecular weight is 250 g/mol. The molecule has 102 valence electrons. The third-order valence-corrected chi connectivity index (χ3v) is 4.87. The van der Waals surface area contributed by atoms with Crippen LogP contribution in [0.3, 0.4) is 0 Å². The zero-order chi connectivity index (χ0) is 12.4. The van der Waals surface area contributed by atoms with Crippen molar-refractivity contribution in [1.29, 1.82) is 0 Å². The van der Waals surface area contributed by atoms with Gasteiger partial charge in [0, 0.05) is 18.6 Å². The van der Waals surface area contributed by atoms with E-state index in [4.69, 9.17) is 0 Å². The Labute approximate surface area is 110 Å². The molecule has 3 rings (SSSR count). The van der Waals surface area contributed by atoms with Crippen molar-refractivity contribution in [2.75, 3.05) is 6.54 Å². The molecule has 2 saturated carbocycles. The Kier molecular flexibility index (Phi) is 3.76. The van der Waals surface area contributed by atoms with Crippen LogP contribution in [-0.4, -0.2) is 29.6 Å². The maximum absolute atomic E-state index is 12.2. The normalized spacial score (nSPS) is 29.6. The third-order valence-electron chi connectivity index (χ3n) is 4.87. The van der Waals surface area contributed by atoms with Gasteiger partial charge in [0.15, 0.2) is 0 Å². The molecule has 1 atom stereocenters. The van der Waals surface area contributed by atoms with Gasteiger partial charge in [-0.1, -0.05) is 32.1 Å². The highest BCUT2D eigenvalue weighted by Crippen LogP contribution is 2.32. The van der Waals surface area contributed by atoms with E-state index in [1.54, 1.807) is 0 Å². The zero-order valence-corrected chi connectivity index (χ0v) is 11.4. The summed E-state index contributed by atoms with van der Waals surface area (Å²) >= 11 is 0. The van der Waals surface area contributed by atoms with Gasteiger partial charge in [-0.25, -0.2) is 4.79 Å². The molecular weight excluding hydrogens is 224 g/mol. The van der Waals surface area contributed by atoms with Crippen LogP contribution in [0.5, 0.6) is 0 Å². The molecule has 3 heteroatoms. The van der Waals surface area contributed by atoms with Crippen molar-refractivity contribution in [3.63, 3.8) is 0 Å². The van der Waals surface area contributed by atoms with Crippen molar-refractivity contribution in [1.82, 2.24) is 10.2 Å². The number of nitrogens with zero attached hydrogens (tertiary/aromatic N) is 1. The van der Waals surface area contributed by atoms with Gasteiger partial charge in [0.1, 0.15) is 0 Å². The maximum Gasteiger partial charge on any atom is 0.317 e. The van der Waals surface area contributed by atoms with Crippen LogP contribution in [0.4, 0.5) is 4.79 Å². The number of likely N-dealkylation sites (tertiary alicyclic amines) is 1. The minimum atomic E-state index is 0.218. The van der Waals surface area contributed by atoms with Crippen molar-refractivity contribution in [3.05, 3.63) is 0 Å². The van der Waals surface area contributed by atoms with Crippen molar-refractivity contribution in [2.45, 2.75) is 76.3 Å². The number of carbonyl (C=O) groups is 1. The Morgan fingerprint density at radius 2 is 1.78 bits per heavy atom. The molecule has 1 saturated heterocycles. The first-order valence-electron chi connectivity index (χ1n) is 7.90. The molecule has 0 aromatic carbocycles. The number of hydrogen-bond acceptors (Lipinski definition) is 1. The first kappa shape index (κ1) is 12.3. The summed E-state index contributed by atoms with van der Waals surface area (Å²) in [4.78, 5) is 14.3. The van der Waals surface area contributed by atoms with Crippen molar-refractivity contribution < 1.29 is 4.79 Å². The molecule has 18 heavy (non-hydrogen) atoms. The van der Waals surface area contributed by atoms with E-state index in [1.807, 2.05) is 0 Å². The highest BCUT2D eigenvalue weighted by atomic mass is 16.2. The molecule has 1 aliphatic heterocycles. The van der Waals surface area contributed by atoms with Crippen LogP contribution in [0.2, 0.25) is 0 Å². The molecule has 0 unspecified atom stereocenters. The van der Waals surface area contributed by atoms with Gasteiger partial charge >= 0.3 is 6.03 Å². The van der Waals surface area contributed by atoms with Crippen LogP contribution < -0.4 is 5.32 Å². The Morgan fingerprint density at radius 1 is 1.00 bits per heavy atom. The van der Waals surface area contributed by atoms with Gasteiger partial charge in [-0.2, -0.15) is 0 Å². The third kappa shape index (κ3) is 2.99. The highest BCUT2D eigenvalue weighted by Gasteiger charge is 2.33. The molecule has 1 heterocycles. The van der Waals surface area contributed by atoms with Gasteiger partial charge < -0.3 is 10.2 Å². The predicted octanol–water partition coefficient (Wildman–Crippen LogP) is 3.29. The van der Waals surface area contributed by atoms with E-state index in [0.717, 1.165) is 12.5 Å². The summed E-state index contributed by atoms with van der Waals surface area (Å²) in [5.74, 6) is 0.887. The van der Waals surface area contributed by atoms with Gasteiger partial charge in [-0.05, 0) is 38.0 Å². The van der Waals surface area contributed by atoms with Crippen LogP contribution in [0.15, 0.2) is 0 Å². The summed E-state index contributed by atoms with van der Waals surface area (Å²) < 4.78 is 0. The lowest BCUT2D eigenvalue weighted by molar-refractivity contribution is 0.177. The monoisotopic (exact) mass is 250 g/mol. The quantitative estimate of drug-likeness (QED) is 0.819. The molecule has 3 aliphatic rings. The number of nitrogens with one attached hydrogen (secondary N) is 1. The Morgan fingerprint density at radius 3 is 2.50 bits per heavy atom. The van der Waals surface area contributed by atoms with Crippen molar-refractivity contribution in [3.8, 4) is 0 Å². The molecule has 0 radical (unpaired) electrons. The van der Waals surface area contributed by atoms with E-state index in [1.165, 1.54) is 64.2 Å². The fourth-order valence-corrected chi connectivity index (χ4v) is 3.64. The van der Waals surface area contributed by atoms with E-state index < -0.39 is 0 Å². The summed E-state index contributed by atoms with van der Waals surface area (Å²) in [6.45, 7) is 0.982. The van der Waals surface area contributed by atoms with Crippen LogP contribution in [0.25, 0.3) is 0 Å². The molecule has 3 fully saturated rings. The van der Waals surface area contributed by atoms with Gasteiger partial charge in [0.2, 0.25) is 0 Å². The number of amides is 2. The number of rotatable bonds is 3. The van der Waals surface area contributed by atoms with Crippen LogP contribution in [0.1, 0.15) is 64.2 Å². The minimum absolute atomic E-state index is 0.218. The lowest BCUT2D eigenvalue weighted by Gasteiger charge is -2.30. The summed E-state index contributed by atoms with van der Waals surface area (Å²) in [6.07, 6.45) is 13.1. The minimum Gasteiger partial charge on any atom is -0.335 e. The maximum atomic E-state index is 12.2. The largest absolute Gasteiger partial charge is 0.335 e. The molecule has 0 bridgehead atoms. The highest BCUT2D eigenvalue weighted by molar-refractivity contribution is 5.75. The number of hydrogen-bond donors (Lipinski definition) is 1. The predicted molar refractivity (Wildman–Crippen MR) is 72.5 cm³/mol. The Balaban J connectivity index is 1.51. The lowest BCUT2D eigenvalue weighted by Crippen LogP contribution is -2.44. The summed E-state index contributed by atoms with van der Waals surface area (Å²) in [5, 5.41) is 3.15. The fraction of sp³-hybridized carbons (Fsp3) is 0.933. The smallest absolute Gasteiger partial charge is 0.317 e. The van der Waals surface area contributed by atoms with Crippen LogP contribution in [-0.2, 0) is 0 Å². The SMILES string of the molecule is O=C(NC1CC1)N1CCC[C@@H]1CC1CCCCC1. The second-order valence-corrected chi connectivity index (χ2v) is 6.45. The van der Waals surface area contributed by atoms with Gasteiger partial charge in [-0.3, -0.25) is 0 Å². The van der Waals surface area contributed by atoms with Crippen LogP contribution >= 0.6 is 0 Å². The zero-order valence-electron chi connectivity index (χ0n) is 11.4. The number of urea groups is 1. The molecular formula is C15H26N2O. The molecule has 0 aromatic heterocycles. The van der Waals surface area contributed by atoms with Crippen molar-refractivity contribution in [2.24, 2.45) is 5.92 Å². The van der Waals surface area contributed by atoms with Gasteiger partial charge in [0.25, 0.3) is 0 Å². The molecule has 2 amide bonds. The average Bonchev–Trinajstić information content (AvgIpc) is 3.07. The second kappa shape index (κ2) is 5.50. The van der Waals surface area contributed by atoms with E-state index in [9.17, 15) is 4.79 Å². The van der Waals surface area contributed by atoms with E-state index >= 15 is 0 Å². The van der Waals surface area contributed by atoms with E-state index in [-0.39, 0.29) is 6.03 Å². The number of carbonyl (C=O) groups excluding carboxylic acids is 1. The van der Waals surface area contributed by atoms with Crippen LogP contribution in [0, 0.1) is 5.92 Å². The molecule has 1 N–H and O–H groups in total. The first-order valence-corrected chi connectivity index (χ1v) is 7.90. The fourth-order valence-electron chi connectivity index (χ4n) is 3.64. The second-order valence-electron chi connectivity index (χ2n) is 6.45. The molecule has 0 aromatic rings. The topological polar surface area (TPSA) is 32.3 Å². The Hall–Kier alpha value is -0.730. The molecule has 3 nitrogen and oxygen atoms in total. The Bertz CT molecular complexity index is 295. The van der Waals surface area contributed by atoms with Gasteiger partial charge in [0.05, 0.1) is 0 Å². The molecule has 2 aliphatic carbocycles. The first-order chi connectivity index (χ1) is 8.83. The summed E-state index contributed by atoms with van der Waals surface area (Å²) in [7, 11) is 0. The lowest BCUT2D eigenvalue weighted by atomic mass is 9.84. The molecule has 0 spiro atoms. The standard InChI is InChI=1S/C15H26N2O/c18-15(16-13-8-9-13)17-10-4-7-14(17)11-12-5-2-1-3-6-12/h12-14H,1-11H2,(H,16,18)/t14-/m1/s1. The summed E-state index contributed by atoms with van der Waals surface area (Å²) in [6, 6.07) is 1.25.